The molecule has 1 fully saturated rings. The molecule has 0 aliphatic carbocycles. The van der Waals surface area contributed by atoms with Crippen LogP contribution in [0.4, 0.5) is 0 Å². The third-order valence-corrected chi connectivity index (χ3v) is 4.68. The Balaban J connectivity index is 1.85. The van der Waals surface area contributed by atoms with Crippen molar-refractivity contribution in [3.8, 4) is 0 Å². The van der Waals surface area contributed by atoms with E-state index in [1.807, 2.05) is 24.3 Å². The Kier molecular flexibility index (Phi) is 4.14. The molecule has 6 heteroatoms. The highest BCUT2D eigenvalue weighted by molar-refractivity contribution is 8.26. The summed E-state index contributed by atoms with van der Waals surface area (Å²) < 4.78 is 5.78. The van der Waals surface area contributed by atoms with Crippen molar-refractivity contribution >= 4 is 51.9 Å². The van der Waals surface area contributed by atoms with Gasteiger partial charge in [0.15, 0.2) is 0 Å². The maximum Gasteiger partial charge on any atom is 0.266 e. The number of thiocarbonyl (C=S) groups is 1. The molecule has 3 nitrogen and oxygen atoms in total. The topological polar surface area (TPSA) is 33.5 Å². The molecule has 0 bridgehead atoms. The third-order valence-electron chi connectivity index (χ3n) is 2.96. The molecule has 106 valence electrons. The van der Waals surface area contributed by atoms with E-state index in [0.717, 1.165) is 5.56 Å². The molecule has 21 heavy (non-hydrogen) atoms. The second-order valence-electron chi connectivity index (χ2n) is 4.37. The highest BCUT2D eigenvalue weighted by Crippen LogP contribution is 2.34. The Hall–Kier alpha value is -1.56. The number of carbonyl (C=O) groups is 1. The van der Waals surface area contributed by atoms with Gasteiger partial charge in [-0.2, -0.15) is 0 Å². The molecule has 1 aliphatic rings. The van der Waals surface area contributed by atoms with Crippen LogP contribution in [0.2, 0.25) is 5.02 Å². The standard InChI is InChI=1S/C15H10ClNO2S2/c16-12-6-2-1-4-10(12)8-13-14(18)17(15(20)21-13)9-11-5-3-7-19-11/h1-8H,9H2/b13-8-. The molecule has 1 aromatic carbocycles. The van der Waals surface area contributed by atoms with E-state index in [1.165, 1.54) is 16.7 Å². The van der Waals surface area contributed by atoms with Gasteiger partial charge in [0.05, 0.1) is 17.7 Å². The minimum atomic E-state index is -0.124. The van der Waals surface area contributed by atoms with E-state index in [2.05, 4.69) is 0 Å². The molecule has 1 aromatic heterocycles. The number of hydrogen-bond donors (Lipinski definition) is 0. The zero-order valence-electron chi connectivity index (χ0n) is 10.8. The van der Waals surface area contributed by atoms with Crippen molar-refractivity contribution in [2.45, 2.75) is 6.54 Å². The van der Waals surface area contributed by atoms with Crippen LogP contribution in [0, 0.1) is 0 Å². The Morgan fingerprint density at radius 3 is 2.81 bits per heavy atom. The lowest BCUT2D eigenvalue weighted by Gasteiger charge is -2.11. The second kappa shape index (κ2) is 6.05. The number of halogens is 1. The molecule has 0 spiro atoms. The van der Waals surface area contributed by atoms with Gasteiger partial charge in [0.2, 0.25) is 0 Å². The first-order chi connectivity index (χ1) is 10.1. The van der Waals surface area contributed by atoms with E-state index >= 15 is 0 Å². The number of furan rings is 1. The van der Waals surface area contributed by atoms with Gasteiger partial charge in [-0.05, 0) is 29.8 Å². The van der Waals surface area contributed by atoms with Gasteiger partial charge in [-0.3, -0.25) is 9.69 Å². The predicted molar refractivity (Wildman–Crippen MR) is 88.9 cm³/mol. The summed E-state index contributed by atoms with van der Waals surface area (Å²) in [5.74, 6) is 0.576. The van der Waals surface area contributed by atoms with Crippen LogP contribution in [-0.2, 0) is 11.3 Å². The average Bonchev–Trinajstić information content (AvgIpc) is 3.06. The summed E-state index contributed by atoms with van der Waals surface area (Å²) in [4.78, 5) is 14.5. The van der Waals surface area contributed by atoms with Crippen molar-refractivity contribution in [2.75, 3.05) is 0 Å². The van der Waals surface area contributed by atoms with Gasteiger partial charge >= 0.3 is 0 Å². The quantitative estimate of drug-likeness (QED) is 0.617. The first kappa shape index (κ1) is 14.4. The summed E-state index contributed by atoms with van der Waals surface area (Å²) in [6.07, 6.45) is 3.34. The van der Waals surface area contributed by atoms with Crippen molar-refractivity contribution in [1.29, 1.82) is 0 Å². The maximum atomic E-state index is 12.4. The summed E-state index contributed by atoms with van der Waals surface area (Å²) >= 11 is 12.7. The summed E-state index contributed by atoms with van der Waals surface area (Å²) in [5, 5.41) is 0.605. The molecule has 1 aliphatic heterocycles. The molecule has 3 rings (SSSR count). The number of hydrogen-bond acceptors (Lipinski definition) is 4. The van der Waals surface area contributed by atoms with E-state index in [0.29, 0.717) is 26.6 Å². The largest absolute Gasteiger partial charge is 0.467 e. The van der Waals surface area contributed by atoms with Crippen molar-refractivity contribution < 1.29 is 9.21 Å². The minimum Gasteiger partial charge on any atom is -0.467 e. The Morgan fingerprint density at radius 1 is 1.29 bits per heavy atom. The first-order valence-electron chi connectivity index (χ1n) is 6.17. The Labute approximate surface area is 136 Å². The zero-order chi connectivity index (χ0) is 14.8. The molecule has 0 unspecified atom stereocenters. The van der Waals surface area contributed by atoms with Crippen molar-refractivity contribution in [1.82, 2.24) is 4.90 Å². The average molecular weight is 336 g/mol. The number of thioether (sulfide) groups is 1. The maximum absolute atomic E-state index is 12.4. The summed E-state index contributed by atoms with van der Waals surface area (Å²) in [7, 11) is 0. The molecule has 2 heterocycles. The number of amides is 1. The fraction of sp³-hybridized carbons (Fsp3) is 0.0667. The summed E-state index contributed by atoms with van der Waals surface area (Å²) in [5.41, 5.74) is 0.803. The third kappa shape index (κ3) is 3.05. The monoisotopic (exact) mass is 335 g/mol. The van der Waals surface area contributed by atoms with Crippen molar-refractivity contribution in [3.05, 3.63) is 63.9 Å². The van der Waals surface area contributed by atoms with Gasteiger partial charge in [-0.25, -0.2) is 0 Å². The molecule has 1 amide bonds. The van der Waals surface area contributed by atoms with Crippen LogP contribution in [0.25, 0.3) is 6.08 Å². The van der Waals surface area contributed by atoms with Gasteiger partial charge in [-0.1, -0.05) is 53.8 Å². The molecule has 0 atom stereocenters. The zero-order valence-corrected chi connectivity index (χ0v) is 13.2. The van der Waals surface area contributed by atoms with E-state index in [4.69, 9.17) is 28.2 Å². The van der Waals surface area contributed by atoms with Crippen molar-refractivity contribution in [3.63, 3.8) is 0 Å². The van der Waals surface area contributed by atoms with E-state index in [9.17, 15) is 4.79 Å². The number of nitrogens with zero attached hydrogens (tertiary/aromatic N) is 1. The van der Waals surface area contributed by atoms with Crippen LogP contribution in [0.1, 0.15) is 11.3 Å². The lowest BCUT2D eigenvalue weighted by Crippen LogP contribution is -2.27. The van der Waals surface area contributed by atoms with Crippen LogP contribution < -0.4 is 0 Å². The first-order valence-corrected chi connectivity index (χ1v) is 7.78. The molecule has 0 N–H and O–H groups in total. The van der Waals surface area contributed by atoms with Gasteiger partial charge in [0.1, 0.15) is 10.1 Å². The molecule has 0 saturated carbocycles. The Morgan fingerprint density at radius 2 is 2.10 bits per heavy atom. The molecular weight excluding hydrogens is 326 g/mol. The van der Waals surface area contributed by atoms with Crippen LogP contribution in [0.15, 0.2) is 52.0 Å². The lowest BCUT2D eigenvalue weighted by atomic mass is 10.2. The van der Waals surface area contributed by atoms with E-state index in [1.54, 1.807) is 24.5 Å². The predicted octanol–water partition coefficient (Wildman–Crippen LogP) is 4.33. The smallest absolute Gasteiger partial charge is 0.266 e. The van der Waals surface area contributed by atoms with Gasteiger partial charge < -0.3 is 4.42 Å². The number of benzene rings is 1. The van der Waals surface area contributed by atoms with Crippen LogP contribution >= 0.6 is 35.6 Å². The number of carbonyl (C=O) groups excluding carboxylic acids is 1. The summed E-state index contributed by atoms with van der Waals surface area (Å²) in [6, 6.07) is 11.0. The van der Waals surface area contributed by atoms with E-state index in [-0.39, 0.29) is 5.91 Å². The molecular formula is C15H10ClNO2S2. The minimum absolute atomic E-state index is 0.124. The normalized spacial score (nSPS) is 17.0. The van der Waals surface area contributed by atoms with Gasteiger partial charge in [-0.15, -0.1) is 0 Å². The second-order valence-corrected chi connectivity index (χ2v) is 6.45. The fourth-order valence-electron chi connectivity index (χ4n) is 1.93. The summed E-state index contributed by atoms with van der Waals surface area (Å²) in [6.45, 7) is 0.345. The van der Waals surface area contributed by atoms with Gasteiger partial charge in [0, 0.05) is 5.02 Å². The SMILES string of the molecule is O=C1/C(=C/c2ccccc2Cl)SC(=S)N1Cc1ccco1. The Bertz CT molecular complexity index is 725. The molecule has 0 radical (unpaired) electrons. The highest BCUT2D eigenvalue weighted by Gasteiger charge is 2.32. The van der Waals surface area contributed by atoms with Crippen LogP contribution in [-0.4, -0.2) is 15.1 Å². The van der Waals surface area contributed by atoms with Gasteiger partial charge in [0.25, 0.3) is 5.91 Å². The lowest BCUT2D eigenvalue weighted by molar-refractivity contribution is -0.122. The number of rotatable bonds is 3. The van der Waals surface area contributed by atoms with Crippen LogP contribution in [0.3, 0.4) is 0 Å². The molecule has 1 saturated heterocycles. The highest BCUT2D eigenvalue weighted by atomic mass is 35.5. The molecule has 2 aromatic rings. The van der Waals surface area contributed by atoms with E-state index < -0.39 is 0 Å². The van der Waals surface area contributed by atoms with Crippen molar-refractivity contribution in [2.24, 2.45) is 0 Å². The fourth-order valence-corrected chi connectivity index (χ4v) is 3.36. The van der Waals surface area contributed by atoms with Crippen LogP contribution in [0.5, 0.6) is 0 Å².